The third kappa shape index (κ3) is 2.97. The standard InChI is InChI=1S/C27H28N2O2/c1-27(2)21-10-6-8-12-23(21)29(4)24(27)16-20-25(30)19(26(20)31)15-17-13-14-28(3)22-11-7-5-9-18(17)22/h5-16,19-20,25-26H,1-4H3/q-2. The number of hydrogen-bond donors (Lipinski definition) is 0. The molecule has 160 valence electrons. The monoisotopic (exact) mass is 412 g/mol. The number of allylic oxidation sites excluding steroid dienone is 3. The van der Waals surface area contributed by atoms with Gasteiger partial charge < -0.3 is 20.0 Å². The van der Waals surface area contributed by atoms with E-state index in [2.05, 4.69) is 41.8 Å². The van der Waals surface area contributed by atoms with Crippen molar-refractivity contribution >= 4 is 16.9 Å². The highest BCUT2D eigenvalue weighted by molar-refractivity contribution is 5.86. The molecule has 0 radical (unpaired) electrons. The Morgan fingerprint density at radius 1 is 0.839 bits per heavy atom. The lowest BCUT2D eigenvalue weighted by molar-refractivity contribution is -0.549. The van der Waals surface area contributed by atoms with Crippen LogP contribution in [0.25, 0.3) is 5.57 Å². The first-order valence-electron chi connectivity index (χ1n) is 10.9. The van der Waals surface area contributed by atoms with Gasteiger partial charge >= 0.3 is 0 Å². The van der Waals surface area contributed by atoms with Crippen molar-refractivity contribution in [1.29, 1.82) is 0 Å². The largest absolute Gasteiger partial charge is 0.851 e. The summed E-state index contributed by atoms with van der Waals surface area (Å²) in [5.41, 5.74) is 6.35. The quantitative estimate of drug-likeness (QED) is 0.761. The van der Waals surface area contributed by atoms with Crippen LogP contribution in [0.1, 0.15) is 25.0 Å². The Kier molecular flexibility index (Phi) is 4.61. The van der Waals surface area contributed by atoms with E-state index in [1.54, 1.807) is 0 Å². The fourth-order valence-electron chi connectivity index (χ4n) is 5.35. The van der Waals surface area contributed by atoms with Crippen LogP contribution in [-0.4, -0.2) is 26.3 Å². The first-order valence-corrected chi connectivity index (χ1v) is 10.9. The molecule has 4 nitrogen and oxygen atoms in total. The van der Waals surface area contributed by atoms with Gasteiger partial charge in [-0.3, -0.25) is 0 Å². The van der Waals surface area contributed by atoms with Gasteiger partial charge in [-0.2, -0.15) is 0 Å². The van der Waals surface area contributed by atoms with Gasteiger partial charge in [-0.05, 0) is 41.2 Å². The van der Waals surface area contributed by atoms with Crippen LogP contribution in [-0.2, 0) is 5.41 Å². The molecule has 31 heavy (non-hydrogen) atoms. The van der Waals surface area contributed by atoms with Crippen LogP contribution < -0.4 is 20.0 Å². The Morgan fingerprint density at radius 2 is 1.45 bits per heavy atom. The van der Waals surface area contributed by atoms with E-state index in [4.69, 9.17) is 0 Å². The maximum absolute atomic E-state index is 13.1. The minimum Gasteiger partial charge on any atom is -0.851 e. The van der Waals surface area contributed by atoms with Gasteiger partial charge in [-0.1, -0.05) is 62.4 Å². The Hall–Kier alpha value is -2.82. The van der Waals surface area contributed by atoms with E-state index >= 15 is 0 Å². The molecule has 2 aromatic rings. The normalized spacial score (nSPS) is 31.0. The van der Waals surface area contributed by atoms with E-state index in [1.807, 2.05) is 68.9 Å². The fraction of sp³-hybridized carbons (Fsp3) is 0.333. The van der Waals surface area contributed by atoms with Crippen molar-refractivity contribution in [2.24, 2.45) is 11.8 Å². The number of nitrogens with zero attached hydrogens (tertiary/aromatic N) is 2. The van der Waals surface area contributed by atoms with Crippen molar-refractivity contribution < 1.29 is 10.2 Å². The zero-order chi connectivity index (χ0) is 21.9. The molecule has 0 spiro atoms. The molecule has 2 aromatic carbocycles. The number of fused-ring (bicyclic) bond motifs is 2. The Morgan fingerprint density at radius 3 is 2.16 bits per heavy atom. The molecule has 0 aromatic heterocycles. The molecule has 2 heterocycles. The first kappa shape index (κ1) is 20.1. The topological polar surface area (TPSA) is 52.6 Å². The van der Waals surface area contributed by atoms with Crippen LogP contribution in [0.4, 0.5) is 11.4 Å². The Labute approximate surface area is 184 Å². The number of hydrogen-bond acceptors (Lipinski definition) is 4. The van der Waals surface area contributed by atoms with Crippen LogP contribution >= 0.6 is 0 Å². The molecule has 2 atom stereocenters. The van der Waals surface area contributed by atoms with Gasteiger partial charge in [0.2, 0.25) is 0 Å². The third-order valence-corrected chi connectivity index (χ3v) is 7.25. The van der Waals surface area contributed by atoms with E-state index in [1.165, 1.54) is 5.56 Å². The van der Waals surface area contributed by atoms with Crippen molar-refractivity contribution in [2.75, 3.05) is 23.9 Å². The smallest absolute Gasteiger partial charge is 0.0483 e. The molecule has 0 amide bonds. The average molecular weight is 413 g/mol. The molecule has 5 rings (SSSR count). The van der Waals surface area contributed by atoms with Crippen molar-refractivity contribution in [3.63, 3.8) is 0 Å². The van der Waals surface area contributed by atoms with Gasteiger partial charge in [0.1, 0.15) is 0 Å². The Bertz CT molecular complexity index is 1100. The summed E-state index contributed by atoms with van der Waals surface area (Å²) in [5.74, 6) is -1.01. The SMILES string of the molecule is CN1C=CC(=CC2C([O-])C(C=C3N(C)c4ccccc4C3(C)C)C2[O-])c2ccccc21. The maximum Gasteiger partial charge on any atom is 0.0483 e. The molecule has 1 fully saturated rings. The fourth-order valence-corrected chi connectivity index (χ4v) is 5.35. The van der Waals surface area contributed by atoms with Gasteiger partial charge in [-0.15, -0.1) is 12.2 Å². The number of anilines is 2. The summed E-state index contributed by atoms with van der Waals surface area (Å²) >= 11 is 0. The molecule has 2 unspecified atom stereocenters. The number of para-hydroxylation sites is 2. The predicted molar refractivity (Wildman–Crippen MR) is 122 cm³/mol. The van der Waals surface area contributed by atoms with Crippen LogP contribution in [0.15, 0.2) is 78.7 Å². The summed E-state index contributed by atoms with van der Waals surface area (Å²) in [6.07, 6.45) is 6.01. The van der Waals surface area contributed by atoms with Gasteiger partial charge in [0.25, 0.3) is 0 Å². The van der Waals surface area contributed by atoms with Crippen LogP contribution in [0.3, 0.4) is 0 Å². The maximum atomic E-state index is 13.1. The molecule has 0 bridgehead atoms. The zero-order valence-corrected chi connectivity index (χ0v) is 18.4. The second kappa shape index (κ2) is 7.11. The van der Waals surface area contributed by atoms with Crippen LogP contribution in [0, 0.1) is 11.8 Å². The summed E-state index contributed by atoms with van der Waals surface area (Å²) < 4.78 is 0. The molecule has 0 saturated heterocycles. The molecule has 4 heteroatoms. The Balaban J connectivity index is 1.42. The first-order chi connectivity index (χ1) is 14.8. The molecule has 3 aliphatic rings. The minimum absolute atomic E-state index is 0.218. The molecular weight excluding hydrogens is 384 g/mol. The average Bonchev–Trinajstić information content (AvgIpc) is 2.97. The molecular formula is C27H28N2O2-2. The molecule has 2 aliphatic heterocycles. The lowest BCUT2D eigenvalue weighted by Gasteiger charge is -2.60. The second-order valence-electron chi connectivity index (χ2n) is 9.40. The van der Waals surface area contributed by atoms with E-state index < -0.39 is 24.0 Å². The van der Waals surface area contributed by atoms with Crippen LogP contribution in [0.5, 0.6) is 0 Å². The van der Waals surface area contributed by atoms with Gasteiger partial charge in [-0.25, -0.2) is 0 Å². The van der Waals surface area contributed by atoms with Crippen LogP contribution in [0.2, 0.25) is 0 Å². The molecule has 0 N–H and O–H groups in total. The van der Waals surface area contributed by atoms with E-state index in [0.29, 0.717) is 0 Å². The summed E-state index contributed by atoms with van der Waals surface area (Å²) in [6, 6.07) is 16.4. The van der Waals surface area contributed by atoms with E-state index in [9.17, 15) is 10.2 Å². The summed E-state index contributed by atoms with van der Waals surface area (Å²) in [5, 5.41) is 26.3. The third-order valence-electron chi connectivity index (χ3n) is 7.25. The summed E-state index contributed by atoms with van der Waals surface area (Å²) in [4.78, 5) is 4.19. The van der Waals surface area contributed by atoms with Gasteiger partial charge in [0, 0.05) is 48.3 Å². The van der Waals surface area contributed by atoms with Gasteiger partial charge in [0.15, 0.2) is 0 Å². The van der Waals surface area contributed by atoms with Crippen molar-refractivity contribution in [3.05, 3.63) is 89.8 Å². The zero-order valence-electron chi connectivity index (χ0n) is 18.4. The minimum atomic E-state index is -0.921. The van der Waals surface area contributed by atoms with Gasteiger partial charge in [0.05, 0.1) is 0 Å². The predicted octanol–water partition coefficient (Wildman–Crippen LogP) is 3.05. The highest BCUT2D eigenvalue weighted by Gasteiger charge is 2.41. The molecule has 1 aliphatic carbocycles. The molecule has 1 saturated carbocycles. The summed E-state index contributed by atoms with van der Waals surface area (Å²) in [6.45, 7) is 4.33. The highest BCUT2D eigenvalue weighted by atomic mass is 16.3. The lowest BCUT2D eigenvalue weighted by atomic mass is 9.66. The second-order valence-corrected chi connectivity index (χ2v) is 9.40. The lowest BCUT2D eigenvalue weighted by Crippen LogP contribution is -2.65. The van der Waals surface area contributed by atoms with E-state index in [-0.39, 0.29) is 5.41 Å². The highest BCUT2D eigenvalue weighted by Crippen LogP contribution is 2.48. The number of benzene rings is 2. The summed E-state index contributed by atoms with van der Waals surface area (Å²) in [7, 11) is 4.03. The number of likely N-dealkylation sites (N-methyl/N-ethyl adjacent to an activating group) is 1. The van der Waals surface area contributed by atoms with Crippen molar-refractivity contribution in [3.8, 4) is 0 Å². The van der Waals surface area contributed by atoms with Crippen molar-refractivity contribution in [1.82, 2.24) is 0 Å². The van der Waals surface area contributed by atoms with Crippen molar-refractivity contribution in [2.45, 2.75) is 31.5 Å². The van der Waals surface area contributed by atoms with E-state index in [0.717, 1.165) is 28.2 Å². The number of rotatable bonds is 2.